The minimum Gasteiger partial charge on any atom is -0.359 e. The molecule has 1 heterocycles. The number of amides is 1. The quantitative estimate of drug-likeness (QED) is 0.372. The van der Waals surface area contributed by atoms with Gasteiger partial charge in [-0.1, -0.05) is 6.92 Å². The van der Waals surface area contributed by atoms with Crippen molar-refractivity contribution in [1.82, 2.24) is 20.9 Å². The first-order chi connectivity index (χ1) is 10.9. The Morgan fingerprint density at radius 2 is 1.91 bits per heavy atom. The summed E-state index contributed by atoms with van der Waals surface area (Å²) in [7, 11) is 3.42. The minimum atomic E-state index is -0.461. The maximum atomic E-state index is 11.8. The predicted octanol–water partition coefficient (Wildman–Crippen LogP) is 1.05. The Morgan fingerprint density at radius 1 is 1.26 bits per heavy atom. The van der Waals surface area contributed by atoms with Crippen LogP contribution in [0.5, 0.6) is 0 Å². The predicted molar refractivity (Wildman–Crippen MR) is 96.7 cm³/mol. The molecule has 0 aromatic heterocycles. The molecule has 0 aromatic rings. The summed E-state index contributed by atoms with van der Waals surface area (Å²) in [5, 5.41) is 9.26. The second-order valence-corrected chi connectivity index (χ2v) is 7.19. The third kappa shape index (κ3) is 7.20. The first-order valence-corrected chi connectivity index (χ1v) is 8.78. The molecule has 1 fully saturated rings. The third-order valence-corrected chi connectivity index (χ3v) is 4.58. The van der Waals surface area contributed by atoms with Gasteiger partial charge in [0.15, 0.2) is 5.96 Å². The Labute approximate surface area is 141 Å². The molecule has 0 spiro atoms. The Balaban J connectivity index is 2.20. The molecule has 6 nitrogen and oxygen atoms in total. The van der Waals surface area contributed by atoms with Crippen LogP contribution in [0.4, 0.5) is 0 Å². The van der Waals surface area contributed by atoms with Crippen molar-refractivity contribution in [1.29, 1.82) is 0 Å². The average Bonchev–Trinajstić information content (AvgIpc) is 2.55. The van der Waals surface area contributed by atoms with Gasteiger partial charge in [-0.3, -0.25) is 9.79 Å². The Kier molecular flexibility index (Phi) is 8.37. The van der Waals surface area contributed by atoms with Crippen LogP contribution in [0, 0.1) is 11.3 Å². The zero-order valence-corrected chi connectivity index (χ0v) is 15.5. The molecule has 0 unspecified atom stereocenters. The van der Waals surface area contributed by atoms with Gasteiger partial charge in [0, 0.05) is 27.2 Å². The first-order valence-electron chi connectivity index (χ1n) is 8.78. The maximum Gasteiger partial charge on any atom is 0.227 e. The van der Waals surface area contributed by atoms with E-state index in [1.165, 1.54) is 25.9 Å². The number of guanidine groups is 1. The summed E-state index contributed by atoms with van der Waals surface area (Å²) in [6.07, 6.45) is 3.75. The highest BCUT2D eigenvalue weighted by atomic mass is 16.2. The fourth-order valence-corrected chi connectivity index (χ4v) is 2.74. The number of likely N-dealkylation sites (tertiary alicyclic amines) is 1. The number of carbonyl (C=O) groups is 1. The van der Waals surface area contributed by atoms with Gasteiger partial charge in [-0.05, 0) is 58.7 Å². The van der Waals surface area contributed by atoms with Crippen molar-refractivity contribution in [2.75, 3.05) is 46.8 Å². The van der Waals surface area contributed by atoms with Gasteiger partial charge in [0.25, 0.3) is 0 Å². The summed E-state index contributed by atoms with van der Waals surface area (Å²) in [4.78, 5) is 18.5. The SMILES string of the molecule is CN=C(NCCCN1CCC(C)CC1)NCC(C)(C)C(=O)NC. The molecule has 0 saturated carbocycles. The molecule has 3 N–H and O–H groups in total. The van der Waals surface area contributed by atoms with Gasteiger partial charge in [-0.2, -0.15) is 0 Å². The van der Waals surface area contributed by atoms with Crippen LogP contribution in [0.1, 0.15) is 40.0 Å². The molecule has 0 atom stereocenters. The van der Waals surface area contributed by atoms with Crippen molar-refractivity contribution in [3.8, 4) is 0 Å². The highest BCUT2D eigenvalue weighted by molar-refractivity contribution is 5.84. The Morgan fingerprint density at radius 3 is 2.48 bits per heavy atom. The molecule has 134 valence electrons. The number of nitrogens with one attached hydrogen (secondary N) is 3. The van der Waals surface area contributed by atoms with Crippen molar-refractivity contribution >= 4 is 11.9 Å². The van der Waals surface area contributed by atoms with Gasteiger partial charge >= 0.3 is 0 Å². The van der Waals surface area contributed by atoms with E-state index in [0.717, 1.165) is 31.4 Å². The number of hydrogen-bond acceptors (Lipinski definition) is 3. The molecule has 0 aromatic carbocycles. The van der Waals surface area contributed by atoms with Crippen molar-refractivity contribution in [3.05, 3.63) is 0 Å². The van der Waals surface area contributed by atoms with E-state index in [2.05, 4.69) is 32.8 Å². The zero-order valence-electron chi connectivity index (χ0n) is 15.5. The summed E-state index contributed by atoms with van der Waals surface area (Å²) in [5.41, 5.74) is -0.461. The summed E-state index contributed by atoms with van der Waals surface area (Å²) in [6.45, 7) is 11.2. The zero-order chi connectivity index (χ0) is 17.3. The third-order valence-electron chi connectivity index (χ3n) is 4.58. The van der Waals surface area contributed by atoms with E-state index in [-0.39, 0.29) is 5.91 Å². The number of nitrogens with zero attached hydrogens (tertiary/aromatic N) is 2. The van der Waals surface area contributed by atoms with Crippen molar-refractivity contribution < 1.29 is 4.79 Å². The molecule has 6 heteroatoms. The maximum absolute atomic E-state index is 11.8. The van der Waals surface area contributed by atoms with E-state index in [1.807, 2.05) is 13.8 Å². The number of piperidine rings is 1. The van der Waals surface area contributed by atoms with Crippen LogP contribution in [0.2, 0.25) is 0 Å². The van der Waals surface area contributed by atoms with Crippen LogP contribution in [-0.2, 0) is 4.79 Å². The van der Waals surface area contributed by atoms with Crippen molar-refractivity contribution in [3.63, 3.8) is 0 Å². The van der Waals surface area contributed by atoms with E-state index >= 15 is 0 Å². The molecule has 1 amide bonds. The Hall–Kier alpha value is -1.30. The van der Waals surface area contributed by atoms with E-state index in [1.54, 1.807) is 14.1 Å². The summed E-state index contributed by atoms with van der Waals surface area (Å²) < 4.78 is 0. The van der Waals surface area contributed by atoms with Gasteiger partial charge in [0.2, 0.25) is 5.91 Å². The first kappa shape index (κ1) is 19.7. The molecule has 0 bridgehead atoms. The van der Waals surface area contributed by atoms with Crippen LogP contribution >= 0.6 is 0 Å². The fraction of sp³-hybridized carbons (Fsp3) is 0.882. The van der Waals surface area contributed by atoms with E-state index in [4.69, 9.17) is 0 Å². The number of carbonyl (C=O) groups excluding carboxylic acids is 1. The second-order valence-electron chi connectivity index (χ2n) is 7.19. The summed E-state index contributed by atoms with van der Waals surface area (Å²) in [6, 6.07) is 0. The van der Waals surface area contributed by atoms with E-state index in [0.29, 0.717) is 6.54 Å². The van der Waals surface area contributed by atoms with Gasteiger partial charge in [-0.15, -0.1) is 0 Å². The molecular formula is C17H35N5O. The molecule has 1 saturated heterocycles. The van der Waals surface area contributed by atoms with Gasteiger partial charge in [0.1, 0.15) is 0 Å². The highest BCUT2D eigenvalue weighted by Crippen LogP contribution is 2.15. The number of rotatable bonds is 7. The van der Waals surface area contributed by atoms with Crippen LogP contribution < -0.4 is 16.0 Å². The lowest BCUT2D eigenvalue weighted by Crippen LogP contribution is -2.47. The summed E-state index contributed by atoms with van der Waals surface area (Å²) in [5.74, 6) is 1.67. The smallest absolute Gasteiger partial charge is 0.227 e. The van der Waals surface area contributed by atoms with Gasteiger partial charge in [-0.25, -0.2) is 0 Å². The van der Waals surface area contributed by atoms with E-state index < -0.39 is 5.41 Å². The van der Waals surface area contributed by atoms with Crippen LogP contribution in [0.15, 0.2) is 4.99 Å². The van der Waals surface area contributed by atoms with E-state index in [9.17, 15) is 4.79 Å². The highest BCUT2D eigenvalue weighted by Gasteiger charge is 2.26. The largest absolute Gasteiger partial charge is 0.359 e. The molecule has 0 radical (unpaired) electrons. The fourth-order valence-electron chi connectivity index (χ4n) is 2.74. The number of aliphatic imine (C=N–C) groups is 1. The molecular weight excluding hydrogens is 290 g/mol. The van der Waals surface area contributed by atoms with Crippen LogP contribution in [0.25, 0.3) is 0 Å². The monoisotopic (exact) mass is 325 g/mol. The lowest BCUT2D eigenvalue weighted by Gasteiger charge is -2.30. The van der Waals surface area contributed by atoms with Gasteiger partial charge < -0.3 is 20.9 Å². The molecule has 1 aliphatic heterocycles. The van der Waals surface area contributed by atoms with Crippen LogP contribution in [-0.4, -0.2) is 63.6 Å². The average molecular weight is 326 g/mol. The molecule has 1 rings (SSSR count). The van der Waals surface area contributed by atoms with Gasteiger partial charge in [0.05, 0.1) is 5.41 Å². The molecule has 23 heavy (non-hydrogen) atoms. The normalized spacial score (nSPS) is 17.9. The topological polar surface area (TPSA) is 68.8 Å². The summed E-state index contributed by atoms with van der Waals surface area (Å²) >= 11 is 0. The van der Waals surface area contributed by atoms with Crippen LogP contribution in [0.3, 0.4) is 0 Å². The lowest BCUT2D eigenvalue weighted by molar-refractivity contribution is -0.128. The minimum absolute atomic E-state index is 0.0276. The molecule has 0 aliphatic carbocycles. The molecule has 1 aliphatic rings. The lowest BCUT2D eigenvalue weighted by atomic mass is 9.92. The second kappa shape index (κ2) is 9.75. The number of hydrogen-bond donors (Lipinski definition) is 3. The standard InChI is InChI=1S/C17H35N5O/c1-14-7-11-22(12-8-14)10-6-9-20-16(19-5)21-13-17(2,3)15(23)18-4/h14H,6-13H2,1-5H3,(H,18,23)(H2,19,20,21). The van der Waals surface area contributed by atoms with Crippen molar-refractivity contribution in [2.45, 2.75) is 40.0 Å². The van der Waals surface area contributed by atoms with Crippen molar-refractivity contribution in [2.24, 2.45) is 16.3 Å². The Bertz CT molecular complexity index is 386.